The summed E-state index contributed by atoms with van der Waals surface area (Å²) in [6, 6.07) is 15.5. The number of aliphatic hydroxyl groups excluding tert-OH is 1. The molecule has 2 aromatic carbocycles. The summed E-state index contributed by atoms with van der Waals surface area (Å²) in [6.45, 7) is 6.41. The summed E-state index contributed by atoms with van der Waals surface area (Å²) in [5, 5.41) is 20.2. The maximum atomic E-state index is 10.3. The first-order valence-corrected chi connectivity index (χ1v) is 9.31. The quantitative estimate of drug-likeness (QED) is 0.798. The summed E-state index contributed by atoms with van der Waals surface area (Å²) < 4.78 is 5.69. The summed E-state index contributed by atoms with van der Waals surface area (Å²) in [5.41, 5.74) is 2.16. The second kappa shape index (κ2) is 8.92. The van der Waals surface area contributed by atoms with Gasteiger partial charge in [-0.3, -0.25) is 4.90 Å². The van der Waals surface area contributed by atoms with Crippen LogP contribution in [0.4, 0.5) is 5.69 Å². The molecule has 0 spiro atoms. The van der Waals surface area contributed by atoms with Crippen LogP contribution in [-0.4, -0.2) is 60.5 Å². The second-order valence-corrected chi connectivity index (χ2v) is 6.74. The molecule has 1 heterocycles. The number of hydrogen-bond acceptors (Lipinski definition) is 5. The Kier molecular flexibility index (Phi) is 6.36. The van der Waals surface area contributed by atoms with Crippen LogP contribution in [0.15, 0.2) is 48.5 Å². The molecule has 1 unspecified atom stereocenters. The number of aryl methyl sites for hydroxylation is 1. The molecule has 26 heavy (non-hydrogen) atoms. The van der Waals surface area contributed by atoms with Gasteiger partial charge in [-0.05, 0) is 36.2 Å². The van der Waals surface area contributed by atoms with E-state index >= 15 is 0 Å². The molecule has 0 aromatic heterocycles. The summed E-state index contributed by atoms with van der Waals surface area (Å²) in [7, 11) is 0. The number of anilines is 1. The van der Waals surface area contributed by atoms with Crippen molar-refractivity contribution in [3.05, 3.63) is 54.1 Å². The van der Waals surface area contributed by atoms with E-state index in [2.05, 4.69) is 28.9 Å². The summed E-state index contributed by atoms with van der Waals surface area (Å²) in [4.78, 5) is 4.43. The van der Waals surface area contributed by atoms with Gasteiger partial charge in [0, 0.05) is 32.7 Å². The largest absolute Gasteiger partial charge is 0.506 e. The topological polar surface area (TPSA) is 56.2 Å². The molecule has 3 rings (SSSR count). The first-order valence-electron chi connectivity index (χ1n) is 9.31. The summed E-state index contributed by atoms with van der Waals surface area (Å²) >= 11 is 0. The van der Waals surface area contributed by atoms with E-state index < -0.39 is 6.10 Å². The molecule has 140 valence electrons. The van der Waals surface area contributed by atoms with Gasteiger partial charge in [-0.15, -0.1) is 0 Å². The van der Waals surface area contributed by atoms with Crippen LogP contribution in [0.25, 0.3) is 0 Å². The molecule has 5 heteroatoms. The van der Waals surface area contributed by atoms with Gasteiger partial charge in [-0.2, -0.15) is 0 Å². The van der Waals surface area contributed by atoms with E-state index in [-0.39, 0.29) is 0 Å². The van der Waals surface area contributed by atoms with Crippen molar-refractivity contribution in [2.45, 2.75) is 19.4 Å². The van der Waals surface area contributed by atoms with Gasteiger partial charge in [-0.25, -0.2) is 0 Å². The Morgan fingerprint density at radius 3 is 2.35 bits per heavy atom. The smallest absolute Gasteiger partial charge is 0.138 e. The summed E-state index contributed by atoms with van der Waals surface area (Å²) in [6.07, 6.45) is 0.493. The molecule has 0 radical (unpaired) electrons. The van der Waals surface area contributed by atoms with E-state index in [9.17, 15) is 10.2 Å². The van der Waals surface area contributed by atoms with Crippen LogP contribution in [0.1, 0.15) is 12.5 Å². The molecule has 1 aliphatic heterocycles. The molecule has 1 fully saturated rings. The molecule has 0 amide bonds. The maximum absolute atomic E-state index is 10.3. The Morgan fingerprint density at radius 1 is 1.00 bits per heavy atom. The average Bonchev–Trinajstić information content (AvgIpc) is 2.68. The van der Waals surface area contributed by atoms with Gasteiger partial charge in [0.15, 0.2) is 0 Å². The number of ether oxygens (including phenoxy) is 1. The summed E-state index contributed by atoms with van der Waals surface area (Å²) in [5.74, 6) is 1.12. The van der Waals surface area contributed by atoms with Gasteiger partial charge in [0.25, 0.3) is 0 Å². The zero-order chi connectivity index (χ0) is 18.4. The van der Waals surface area contributed by atoms with E-state index in [0.29, 0.717) is 18.9 Å². The molecule has 5 nitrogen and oxygen atoms in total. The highest BCUT2D eigenvalue weighted by Gasteiger charge is 2.21. The van der Waals surface area contributed by atoms with Crippen LogP contribution in [0.5, 0.6) is 11.5 Å². The Morgan fingerprint density at radius 2 is 1.69 bits per heavy atom. The Bertz CT molecular complexity index is 682. The number of benzene rings is 2. The van der Waals surface area contributed by atoms with Crippen molar-refractivity contribution in [1.29, 1.82) is 0 Å². The lowest BCUT2D eigenvalue weighted by molar-refractivity contribution is 0.0663. The predicted octanol–water partition coefficient (Wildman–Crippen LogP) is 2.52. The van der Waals surface area contributed by atoms with Gasteiger partial charge in [-0.1, -0.05) is 31.2 Å². The monoisotopic (exact) mass is 356 g/mol. The van der Waals surface area contributed by atoms with Gasteiger partial charge in [0.05, 0.1) is 5.69 Å². The van der Waals surface area contributed by atoms with Gasteiger partial charge in [0.1, 0.15) is 24.2 Å². The number of aliphatic hydroxyl groups is 1. The van der Waals surface area contributed by atoms with Crippen LogP contribution in [-0.2, 0) is 6.42 Å². The van der Waals surface area contributed by atoms with Crippen molar-refractivity contribution in [1.82, 2.24) is 4.90 Å². The zero-order valence-corrected chi connectivity index (χ0v) is 15.3. The van der Waals surface area contributed by atoms with Crippen LogP contribution >= 0.6 is 0 Å². The normalized spacial score (nSPS) is 16.5. The maximum Gasteiger partial charge on any atom is 0.138 e. The second-order valence-electron chi connectivity index (χ2n) is 6.74. The number of para-hydroxylation sites is 2. The zero-order valence-electron chi connectivity index (χ0n) is 15.3. The molecule has 0 aliphatic carbocycles. The molecule has 0 bridgehead atoms. The molecule has 1 saturated heterocycles. The van der Waals surface area contributed by atoms with E-state index in [4.69, 9.17) is 4.74 Å². The van der Waals surface area contributed by atoms with Crippen LogP contribution < -0.4 is 9.64 Å². The van der Waals surface area contributed by atoms with Crippen molar-refractivity contribution in [3.8, 4) is 11.5 Å². The third kappa shape index (κ3) is 4.90. The number of nitrogens with zero attached hydrogens (tertiary/aromatic N) is 2. The fourth-order valence-corrected chi connectivity index (χ4v) is 3.27. The lowest BCUT2D eigenvalue weighted by Gasteiger charge is -2.37. The SMILES string of the molecule is CCc1ccc(OCC(O)CN2CCN(c3ccccc3O)CC2)cc1. The van der Waals surface area contributed by atoms with Gasteiger partial charge in [0.2, 0.25) is 0 Å². The molecule has 1 aliphatic rings. The van der Waals surface area contributed by atoms with Crippen LogP contribution in [0.3, 0.4) is 0 Å². The lowest BCUT2D eigenvalue weighted by Crippen LogP contribution is -2.49. The number of aromatic hydroxyl groups is 1. The number of β-amino-alcohol motifs (C(OH)–C–C–N with tert-alkyl or cyclic N) is 1. The number of piperazine rings is 1. The van der Waals surface area contributed by atoms with Crippen molar-refractivity contribution < 1.29 is 14.9 Å². The standard InChI is InChI=1S/C21H28N2O3/c1-2-17-7-9-19(10-8-17)26-16-18(24)15-22-11-13-23(14-12-22)20-5-3-4-6-21(20)25/h3-10,18,24-25H,2,11-16H2,1H3. The molecule has 1 atom stereocenters. The Labute approximate surface area is 155 Å². The first kappa shape index (κ1) is 18.5. The van der Waals surface area contributed by atoms with Gasteiger partial charge >= 0.3 is 0 Å². The molecular formula is C21H28N2O3. The van der Waals surface area contributed by atoms with Gasteiger partial charge < -0.3 is 19.8 Å². The van der Waals surface area contributed by atoms with Crippen LogP contribution in [0.2, 0.25) is 0 Å². The molecule has 0 saturated carbocycles. The third-order valence-corrected chi connectivity index (χ3v) is 4.84. The lowest BCUT2D eigenvalue weighted by atomic mass is 10.2. The predicted molar refractivity (Wildman–Crippen MR) is 104 cm³/mol. The highest BCUT2D eigenvalue weighted by molar-refractivity contribution is 5.57. The third-order valence-electron chi connectivity index (χ3n) is 4.84. The Hall–Kier alpha value is -2.24. The van der Waals surface area contributed by atoms with Crippen molar-refractivity contribution in [2.75, 3.05) is 44.2 Å². The minimum Gasteiger partial charge on any atom is -0.506 e. The molecular weight excluding hydrogens is 328 g/mol. The van der Waals surface area contributed by atoms with E-state index in [1.165, 1.54) is 5.56 Å². The molecule has 2 aromatic rings. The highest BCUT2D eigenvalue weighted by atomic mass is 16.5. The first-order chi connectivity index (χ1) is 12.7. The minimum absolute atomic E-state index is 0.297. The fraction of sp³-hybridized carbons (Fsp3) is 0.429. The van der Waals surface area contributed by atoms with E-state index in [1.54, 1.807) is 6.07 Å². The van der Waals surface area contributed by atoms with Crippen molar-refractivity contribution >= 4 is 5.69 Å². The molecule has 2 N–H and O–H groups in total. The van der Waals surface area contributed by atoms with E-state index in [0.717, 1.165) is 44.0 Å². The number of phenols is 1. The minimum atomic E-state index is -0.516. The average molecular weight is 356 g/mol. The fourth-order valence-electron chi connectivity index (χ4n) is 3.27. The van der Waals surface area contributed by atoms with Crippen LogP contribution in [0, 0.1) is 0 Å². The number of phenolic OH excluding ortho intramolecular Hbond substituents is 1. The highest BCUT2D eigenvalue weighted by Crippen LogP contribution is 2.27. The Balaban J connectivity index is 1.41. The number of rotatable bonds is 7. The van der Waals surface area contributed by atoms with Crippen molar-refractivity contribution in [3.63, 3.8) is 0 Å². The van der Waals surface area contributed by atoms with Crippen molar-refractivity contribution in [2.24, 2.45) is 0 Å². The number of hydrogen-bond donors (Lipinski definition) is 2. The van der Waals surface area contributed by atoms with E-state index in [1.807, 2.05) is 30.3 Å².